The second-order valence-electron chi connectivity index (χ2n) is 6.18. The highest BCUT2D eigenvalue weighted by atomic mass is 35.5. The first-order valence-electron chi connectivity index (χ1n) is 8.53. The molecule has 0 amide bonds. The van der Waals surface area contributed by atoms with Crippen molar-refractivity contribution in [2.24, 2.45) is 0 Å². The molecule has 2 aromatic carbocycles. The number of pyridine rings is 1. The minimum absolute atomic E-state index is 0.0330. The van der Waals surface area contributed by atoms with E-state index in [1.54, 1.807) is 30.3 Å². The van der Waals surface area contributed by atoms with Crippen molar-refractivity contribution in [3.8, 4) is 11.5 Å². The molecular weight excluding hydrogens is 459 g/mol. The first kappa shape index (κ1) is 22.6. The number of esters is 1. The lowest BCUT2D eigenvalue weighted by molar-refractivity contribution is -0.275. The highest BCUT2D eigenvalue weighted by Gasteiger charge is 2.34. The van der Waals surface area contributed by atoms with E-state index in [0.29, 0.717) is 0 Å². The second-order valence-corrected chi connectivity index (χ2v) is 8.58. The molecule has 0 spiro atoms. The number of hydrogen-bond donors (Lipinski definition) is 0. The lowest BCUT2D eigenvalue weighted by Gasteiger charge is -2.14. The van der Waals surface area contributed by atoms with Crippen LogP contribution in [0.5, 0.6) is 11.5 Å². The number of ether oxygens (including phenoxy) is 2. The summed E-state index contributed by atoms with van der Waals surface area (Å²) in [5.41, 5.74) is 0.0230. The van der Waals surface area contributed by atoms with Gasteiger partial charge in [-0.1, -0.05) is 29.8 Å². The van der Waals surface area contributed by atoms with Gasteiger partial charge in [-0.25, -0.2) is 13.2 Å². The van der Waals surface area contributed by atoms with E-state index in [-0.39, 0.29) is 21.9 Å². The zero-order chi connectivity index (χ0) is 22.6. The summed E-state index contributed by atoms with van der Waals surface area (Å²) in [7, 11) is -4.34. The summed E-state index contributed by atoms with van der Waals surface area (Å²) >= 11 is 5.77. The number of carbonyl (C=O) groups excluding carboxylic acids is 1. The van der Waals surface area contributed by atoms with Crippen LogP contribution in [0.3, 0.4) is 0 Å². The van der Waals surface area contributed by atoms with E-state index in [1.807, 2.05) is 0 Å². The molecule has 3 rings (SSSR count). The summed E-state index contributed by atoms with van der Waals surface area (Å²) in [6.45, 7) is 0. The Kier molecular flexibility index (Phi) is 6.51. The van der Waals surface area contributed by atoms with E-state index < -0.39 is 38.6 Å². The summed E-state index contributed by atoms with van der Waals surface area (Å²) in [6, 6.07) is 12.1. The van der Waals surface area contributed by atoms with Crippen molar-refractivity contribution in [2.75, 3.05) is 0 Å². The minimum Gasteiger partial charge on any atom is -0.423 e. The van der Waals surface area contributed by atoms with Crippen molar-refractivity contribution < 1.29 is 35.9 Å². The topological polar surface area (TPSA) is 82.6 Å². The fourth-order valence-electron chi connectivity index (χ4n) is 2.56. The summed E-state index contributed by atoms with van der Waals surface area (Å²) in [5.74, 6) is -2.16. The van der Waals surface area contributed by atoms with Gasteiger partial charge in [-0.05, 0) is 42.0 Å². The first-order valence-corrected chi connectivity index (χ1v) is 10.6. The van der Waals surface area contributed by atoms with Gasteiger partial charge in [0, 0.05) is 17.4 Å². The Labute approximate surface area is 180 Å². The monoisotopic (exact) mass is 471 g/mol. The van der Waals surface area contributed by atoms with E-state index >= 15 is 0 Å². The van der Waals surface area contributed by atoms with E-state index in [1.165, 1.54) is 18.5 Å². The third-order valence-corrected chi connectivity index (χ3v) is 5.75. The number of carbonyl (C=O) groups is 1. The molecule has 0 saturated carbocycles. The quantitative estimate of drug-likeness (QED) is 0.378. The Hall–Kier alpha value is -3.11. The number of hydrogen-bond acceptors (Lipinski definition) is 6. The Bertz CT molecular complexity index is 1200. The van der Waals surface area contributed by atoms with Gasteiger partial charge in [0.05, 0.1) is 11.3 Å². The Morgan fingerprint density at radius 2 is 1.74 bits per heavy atom. The summed E-state index contributed by atoms with van der Waals surface area (Å²) in [6.07, 6.45) is -2.74. The maximum absolute atomic E-state index is 12.8. The Morgan fingerprint density at radius 1 is 1.03 bits per heavy atom. The van der Waals surface area contributed by atoms with Crippen molar-refractivity contribution >= 4 is 27.4 Å². The zero-order valence-corrected chi connectivity index (χ0v) is 17.0. The molecule has 3 aromatic rings. The molecule has 11 heteroatoms. The van der Waals surface area contributed by atoms with Crippen LogP contribution in [0.15, 0.2) is 71.9 Å². The molecule has 0 radical (unpaired) electrons. The van der Waals surface area contributed by atoms with Crippen molar-refractivity contribution in [3.05, 3.63) is 83.1 Å². The molecule has 0 atom stereocenters. The van der Waals surface area contributed by atoms with Crippen molar-refractivity contribution in [3.63, 3.8) is 0 Å². The van der Waals surface area contributed by atoms with Gasteiger partial charge in [-0.15, -0.1) is 13.2 Å². The van der Waals surface area contributed by atoms with Crippen LogP contribution < -0.4 is 9.47 Å². The second kappa shape index (κ2) is 8.94. The fraction of sp³-hybridized carbons (Fsp3) is 0.100. The van der Waals surface area contributed by atoms with E-state index in [9.17, 15) is 26.4 Å². The van der Waals surface area contributed by atoms with Crippen molar-refractivity contribution in [2.45, 2.75) is 17.0 Å². The van der Waals surface area contributed by atoms with Gasteiger partial charge in [0.25, 0.3) is 0 Å². The highest BCUT2D eigenvalue weighted by molar-refractivity contribution is 7.90. The van der Waals surface area contributed by atoms with Gasteiger partial charge in [0.2, 0.25) is 0 Å². The average Bonchev–Trinajstić information content (AvgIpc) is 2.69. The van der Waals surface area contributed by atoms with Crippen LogP contribution in [0.4, 0.5) is 13.2 Å². The number of aromatic nitrogens is 1. The Morgan fingerprint density at radius 3 is 2.42 bits per heavy atom. The van der Waals surface area contributed by atoms with Gasteiger partial charge in [-0.2, -0.15) is 0 Å². The summed E-state index contributed by atoms with van der Waals surface area (Å²) < 4.78 is 72.5. The maximum Gasteiger partial charge on any atom is 0.573 e. The molecule has 6 nitrogen and oxygen atoms in total. The molecule has 0 N–H and O–H groups in total. The first-order chi connectivity index (χ1) is 14.5. The molecule has 31 heavy (non-hydrogen) atoms. The third kappa shape index (κ3) is 6.19. The highest BCUT2D eigenvalue weighted by Crippen LogP contribution is 2.33. The molecule has 0 unspecified atom stereocenters. The molecule has 0 saturated heterocycles. The van der Waals surface area contributed by atoms with E-state index in [0.717, 1.165) is 18.2 Å². The predicted molar refractivity (Wildman–Crippen MR) is 105 cm³/mol. The fourth-order valence-corrected chi connectivity index (χ4v) is 4.28. The lowest BCUT2D eigenvalue weighted by atomic mass is 10.2. The van der Waals surface area contributed by atoms with Gasteiger partial charge in [0.15, 0.2) is 9.84 Å². The molecule has 1 heterocycles. The van der Waals surface area contributed by atoms with Crippen LogP contribution in [0, 0.1) is 0 Å². The number of sulfone groups is 1. The molecule has 0 aliphatic carbocycles. The maximum atomic E-state index is 12.8. The van der Waals surface area contributed by atoms with Gasteiger partial charge >= 0.3 is 12.3 Å². The molecule has 0 fully saturated rings. The third-order valence-electron chi connectivity index (χ3n) is 3.81. The van der Waals surface area contributed by atoms with Gasteiger partial charge in [-0.3, -0.25) is 4.98 Å². The number of alkyl halides is 3. The molecule has 1 aromatic heterocycles. The lowest BCUT2D eigenvalue weighted by Crippen LogP contribution is -2.19. The molecular formula is C20H13ClF3NO5S. The molecule has 162 valence electrons. The van der Waals surface area contributed by atoms with E-state index in [2.05, 4.69) is 9.72 Å². The average molecular weight is 472 g/mol. The van der Waals surface area contributed by atoms with Crippen LogP contribution in [0.1, 0.15) is 15.9 Å². The van der Waals surface area contributed by atoms with Crippen molar-refractivity contribution in [1.82, 2.24) is 4.98 Å². The molecule has 0 aliphatic rings. The number of rotatable bonds is 6. The summed E-state index contributed by atoms with van der Waals surface area (Å²) in [5, 5.41) is -0.0913. The largest absolute Gasteiger partial charge is 0.573 e. The standard InChI is InChI=1S/C20H13ClF3NO5S/c21-15-6-7-17(30-20(22,23)24)18(9-15)31(27,28)12-13-8-14(11-25-10-13)19(26)29-16-4-2-1-3-5-16/h1-11H,12H2. The number of halogens is 4. The zero-order valence-electron chi connectivity index (χ0n) is 15.5. The van der Waals surface area contributed by atoms with Gasteiger partial charge < -0.3 is 9.47 Å². The minimum atomic E-state index is -5.10. The van der Waals surface area contributed by atoms with Crippen LogP contribution in [-0.4, -0.2) is 25.7 Å². The van der Waals surface area contributed by atoms with Crippen LogP contribution in [0.25, 0.3) is 0 Å². The number of benzene rings is 2. The normalized spacial score (nSPS) is 11.7. The van der Waals surface area contributed by atoms with Gasteiger partial charge in [0.1, 0.15) is 16.4 Å². The SMILES string of the molecule is O=C(Oc1ccccc1)c1cncc(CS(=O)(=O)c2cc(Cl)ccc2OC(F)(F)F)c1. The van der Waals surface area contributed by atoms with Crippen LogP contribution in [0.2, 0.25) is 5.02 Å². The predicted octanol–water partition coefficient (Wildman–Crippen LogP) is 4.83. The van der Waals surface area contributed by atoms with E-state index in [4.69, 9.17) is 16.3 Å². The molecule has 0 bridgehead atoms. The number of para-hydroxylation sites is 1. The van der Waals surface area contributed by atoms with Crippen LogP contribution in [-0.2, 0) is 15.6 Å². The summed E-state index contributed by atoms with van der Waals surface area (Å²) in [4.78, 5) is 15.4. The van der Waals surface area contributed by atoms with Crippen molar-refractivity contribution in [1.29, 1.82) is 0 Å². The number of nitrogens with zero attached hydrogens (tertiary/aromatic N) is 1. The van der Waals surface area contributed by atoms with Crippen LogP contribution >= 0.6 is 11.6 Å². The molecule has 0 aliphatic heterocycles. The smallest absolute Gasteiger partial charge is 0.423 e. The Balaban J connectivity index is 1.87.